The van der Waals surface area contributed by atoms with E-state index in [1.54, 1.807) is 0 Å². The van der Waals surface area contributed by atoms with Gasteiger partial charge in [-0.2, -0.15) is 0 Å². The molecule has 1 aromatic carbocycles. The van der Waals surface area contributed by atoms with Crippen LogP contribution in [-0.2, 0) is 24.4 Å². The molecule has 9 heteroatoms. The van der Waals surface area contributed by atoms with E-state index in [9.17, 15) is 4.79 Å². The molecule has 1 N–H and O–H groups in total. The summed E-state index contributed by atoms with van der Waals surface area (Å²) in [4.78, 5) is 17.2. The SMILES string of the molecule is CC1N(CCCCCC(=O)NCCOCCOCCOCCN=[N+]=[N-])c2ccccc2C1(C)C. The molecule has 9 nitrogen and oxygen atoms in total. The van der Waals surface area contributed by atoms with Crippen molar-refractivity contribution in [2.24, 2.45) is 5.11 Å². The van der Waals surface area contributed by atoms with Crippen LogP contribution in [0.4, 0.5) is 5.69 Å². The molecule has 1 heterocycles. The van der Waals surface area contributed by atoms with Crippen LogP contribution in [0.3, 0.4) is 0 Å². The molecule has 1 aliphatic heterocycles. The van der Waals surface area contributed by atoms with Crippen LogP contribution < -0.4 is 10.2 Å². The number of rotatable bonds is 18. The third kappa shape index (κ3) is 9.14. The van der Waals surface area contributed by atoms with Gasteiger partial charge >= 0.3 is 0 Å². The third-order valence-electron chi connectivity index (χ3n) is 6.43. The normalized spacial score (nSPS) is 16.2. The highest BCUT2D eigenvalue weighted by Crippen LogP contribution is 2.44. The first-order chi connectivity index (χ1) is 16.5. The number of carbonyl (C=O) groups is 1. The minimum absolute atomic E-state index is 0.0822. The summed E-state index contributed by atoms with van der Waals surface area (Å²) in [7, 11) is 0. The van der Waals surface area contributed by atoms with E-state index in [-0.39, 0.29) is 11.3 Å². The Bertz CT molecular complexity index is 782. The number of carbonyl (C=O) groups excluding carboxylic acids is 1. The van der Waals surface area contributed by atoms with E-state index in [0.717, 1.165) is 25.8 Å². The summed E-state index contributed by atoms with van der Waals surface area (Å²) in [6.07, 6.45) is 3.59. The van der Waals surface area contributed by atoms with E-state index in [0.29, 0.717) is 65.2 Å². The second-order valence-electron chi connectivity index (χ2n) is 9.06. The average molecular weight is 476 g/mol. The Kier molecular flexibility index (Phi) is 12.8. The van der Waals surface area contributed by atoms with Crippen LogP contribution in [0, 0.1) is 0 Å². The average Bonchev–Trinajstić information content (AvgIpc) is 3.02. The van der Waals surface area contributed by atoms with Crippen LogP contribution in [0.2, 0.25) is 0 Å². The van der Waals surface area contributed by atoms with E-state index >= 15 is 0 Å². The molecule has 2 rings (SSSR count). The molecule has 1 amide bonds. The van der Waals surface area contributed by atoms with Crippen molar-refractivity contribution in [3.63, 3.8) is 0 Å². The minimum atomic E-state index is 0.0822. The van der Waals surface area contributed by atoms with Gasteiger partial charge < -0.3 is 24.4 Å². The molecule has 0 spiro atoms. The number of fused-ring (bicyclic) bond motifs is 1. The van der Waals surface area contributed by atoms with Gasteiger partial charge in [-0.1, -0.05) is 43.6 Å². The maximum absolute atomic E-state index is 12.0. The topological polar surface area (TPSA) is 109 Å². The van der Waals surface area contributed by atoms with Crippen LogP contribution in [0.5, 0.6) is 0 Å². The van der Waals surface area contributed by atoms with Crippen molar-refractivity contribution < 1.29 is 19.0 Å². The number of ether oxygens (including phenoxy) is 3. The predicted molar refractivity (Wildman–Crippen MR) is 134 cm³/mol. The minimum Gasteiger partial charge on any atom is -0.379 e. The molecule has 0 saturated heterocycles. The van der Waals surface area contributed by atoms with E-state index in [2.05, 4.69) is 65.3 Å². The molecule has 34 heavy (non-hydrogen) atoms. The lowest BCUT2D eigenvalue weighted by Crippen LogP contribution is -2.39. The van der Waals surface area contributed by atoms with E-state index < -0.39 is 0 Å². The summed E-state index contributed by atoms with van der Waals surface area (Å²) >= 11 is 0. The second kappa shape index (κ2) is 15.6. The number of azide groups is 1. The number of nitrogens with one attached hydrogen (secondary N) is 1. The Morgan fingerprint density at radius 2 is 1.74 bits per heavy atom. The number of benzene rings is 1. The van der Waals surface area contributed by atoms with Gasteiger partial charge in [0.25, 0.3) is 0 Å². The fourth-order valence-electron chi connectivity index (χ4n) is 4.19. The maximum atomic E-state index is 12.0. The Labute approximate surface area is 203 Å². The van der Waals surface area contributed by atoms with Crippen molar-refractivity contribution in [1.82, 2.24) is 5.32 Å². The van der Waals surface area contributed by atoms with Crippen LogP contribution in [-0.4, -0.2) is 71.2 Å². The lowest BCUT2D eigenvalue weighted by atomic mass is 9.81. The number of para-hydroxylation sites is 1. The Morgan fingerprint density at radius 1 is 1.06 bits per heavy atom. The zero-order chi connectivity index (χ0) is 24.7. The molecule has 1 aliphatic rings. The van der Waals surface area contributed by atoms with E-state index in [1.807, 2.05) is 0 Å². The van der Waals surface area contributed by atoms with Gasteiger partial charge in [-0.15, -0.1) is 0 Å². The van der Waals surface area contributed by atoms with Crippen LogP contribution >= 0.6 is 0 Å². The Hall–Kier alpha value is -2.32. The first-order valence-corrected chi connectivity index (χ1v) is 12.4. The number of nitrogens with zero attached hydrogens (tertiary/aromatic N) is 4. The van der Waals surface area contributed by atoms with Gasteiger partial charge in [0, 0.05) is 48.1 Å². The van der Waals surface area contributed by atoms with Crippen molar-refractivity contribution in [2.75, 3.05) is 64.2 Å². The zero-order valence-corrected chi connectivity index (χ0v) is 21.0. The molecule has 0 fully saturated rings. The predicted octanol–water partition coefficient (Wildman–Crippen LogP) is 4.21. The van der Waals surface area contributed by atoms with Crippen molar-refractivity contribution in [1.29, 1.82) is 0 Å². The highest BCUT2D eigenvalue weighted by atomic mass is 16.5. The standard InChI is InChI=1S/C25H41N5O4/c1-21-25(2,3)22-9-6-7-10-23(22)30(21)14-8-4-5-11-24(31)27-12-15-32-17-19-34-20-18-33-16-13-28-29-26/h6-7,9-10,21H,4-5,8,11-20H2,1-3H3,(H,27,31). The van der Waals surface area contributed by atoms with Crippen molar-refractivity contribution >= 4 is 11.6 Å². The number of hydrogen-bond acceptors (Lipinski definition) is 6. The lowest BCUT2D eigenvalue weighted by Gasteiger charge is -2.31. The van der Waals surface area contributed by atoms with Gasteiger partial charge in [-0.3, -0.25) is 4.79 Å². The largest absolute Gasteiger partial charge is 0.379 e. The number of amides is 1. The summed E-state index contributed by atoms with van der Waals surface area (Å²) in [6.45, 7) is 11.6. The molecule has 1 unspecified atom stereocenters. The molecule has 1 atom stereocenters. The summed E-state index contributed by atoms with van der Waals surface area (Å²) in [5, 5.41) is 6.29. The third-order valence-corrected chi connectivity index (χ3v) is 6.43. The van der Waals surface area contributed by atoms with Crippen LogP contribution in [0.15, 0.2) is 29.4 Å². The summed E-state index contributed by atoms with van der Waals surface area (Å²) in [5.74, 6) is 0.0822. The summed E-state index contributed by atoms with van der Waals surface area (Å²) < 4.78 is 16.1. The molecule has 0 bridgehead atoms. The first-order valence-electron chi connectivity index (χ1n) is 12.4. The maximum Gasteiger partial charge on any atom is 0.220 e. The molecule has 0 aliphatic carbocycles. The summed E-state index contributed by atoms with van der Waals surface area (Å²) in [5.41, 5.74) is 11.1. The lowest BCUT2D eigenvalue weighted by molar-refractivity contribution is -0.121. The van der Waals surface area contributed by atoms with Crippen molar-refractivity contribution in [2.45, 2.75) is 57.9 Å². The highest BCUT2D eigenvalue weighted by Gasteiger charge is 2.40. The van der Waals surface area contributed by atoms with Crippen molar-refractivity contribution in [3.05, 3.63) is 40.3 Å². The molecule has 190 valence electrons. The second-order valence-corrected chi connectivity index (χ2v) is 9.06. The Morgan fingerprint density at radius 3 is 2.47 bits per heavy atom. The van der Waals surface area contributed by atoms with Gasteiger partial charge in [-0.05, 0) is 36.9 Å². The fraction of sp³-hybridized carbons (Fsp3) is 0.720. The molecular formula is C25H41N5O4. The van der Waals surface area contributed by atoms with E-state index in [1.165, 1.54) is 11.3 Å². The van der Waals surface area contributed by atoms with Gasteiger partial charge in [-0.25, -0.2) is 0 Å². The Balaban J connectivity index is 1.42. The van der Waals surface area contributed by atoms with Gasteiger partial charge in [0.15, 0.2) is 0 Å². The highest BCUT2D eigenvalue weighted by molar-refractivity contribution is 5.75. The number of unbranched alkanes of at least 4 members (excludes halogenated alkanes) is 2. The van der Waals surface area contributed by atoms with E-state index in [4.69, 9.17) is 19.7 Å². The van der Waals surface area contributed by atoms with Gasteiger partial charge in [0.05, 0.1) is 39.6 Å². The van der Waals surface area contributed by atoms with Gasteiger partial charge in [0.1, 0.15) is 0 Å². The zero-order valence-electron chi connectivity index (χ0n) is 21.0. The summed E-state index contributed by atoms with van der Waals surface area (Å²) in [6, 6.07) is 9.20. The quantitative estimate of drug-likeness (QED) is 0.148. The smallest absolute Gasteiger partial charge is 0.220 e. The molecule has 1 aromatic rings. The molecular weight excluding hydrogens is 434 g/mol. The number of hydrogen-bond donors (Lipinski definition) is 1. The molecule has 0 aromatic heterocycles. The van der Waals surface area contributed by atoms with Gasteiger partial charge in [0.2, 0.25) is 5.91 Å². The van der Waals surface area contributed by atoms with Crippen molar-refractivity contribution in [3.8, 4) is 0 Å². The van der Waals surface area contributed by atoms with Crippen LogP contribution in [0.1, 0.15) is 52.0 Å². The monoisotopic (exact) mass is 475 g/mol. The number of anilines is 1. The van der Waals surface area contributed by atoms with Crippen LogP contribution in [0.25, 0.3) is 10.4 Å². The fourth-order valence-corrected chi connectivity index (χ4v) is 4.19. The molecule has 0 radical (unpaired) electrons. The first kappa shape index (κ1) is 27.9. The molecule has 0 saturated carbocycles.